The highest BCUT2D eigenvalue weighted by Crippen LogP contribution is 2.34. The van der Waals surface area contributed by atoms with Crippen LogP contribution in [0.2, 0.25) is 5.02 Å². The van der Waals surface area contributed by atoms with Gasteiger partial charge in [-0.3, -0.25) is 5.10 Å². The van der Waals surface area contributed by atoms with Crippen molar-refractivity contribution in [2.45, 2.75) is 4.90 Å². The van der Waals surface area contributed by atoms with Gasteiger partial charge >= 0.3 is 0 Å². The molecule has 0 aliphatic heterocycles. The van der Waals surface area contributed by atoms with Gasteiger partial charge in [0.25, 0.3) is 0 Å². The number of aromatic amines is 1. The predicted octanol–water partition coefficient (Wildman–Crippen LogP) is 3.04. The summed E-state index contributed by atoms with van der Waals surface area (Å²) in [6.45, 7) is 0. The van der Waals surface area contributed by atoms with E-state index in [-0.39, 0.29) is 4.90 Å². The number of aromatic nitrogens is 2. The minimum atomic E-state index is -3.71. The monoisotopic (exact) mass is 333 g/mol. The number of H-pyrrole nitrogens is 1. The van der Waals surface area contributed by atoms with E-state index in [1.54, 1.807) is 24.4 Å². The molecule has 112 valence electrons. The largest absolute Gasteiger partial charge is 0.284 e. The molecule has 0 radical (unpaired) electrons. The average molecular weight is 334 g/mol. The number of primary sulfonamides is 1. The Kier molecular flexibility index (Phi) is 3.74. The molecule has 3 aromatic rings. The van der Waals surface area contributed by atoms with Gasteiger partial charge in [-0.25, -0.2) is 13.6 Å². The maximum absolute atomic E-state index is 11.3. The van der Waals surface area contributed by atoms with Crippen LogP contribution < -0.4 is 5.14 Å². The molecule has 7 heteroatoms. The average Bonchev–Trinajstić information content (AvgIpc) is 2.96. The van der Waals surface area contributed by atoms with Crippen molar-refractivity contribution >= 4 is 21.6 Å². The summed E-state index contributed by atoms with van der Waals surface area (Å²) >= 11 is 6.22. The van der Waals surface area contributed by atoms with E-state index in [0.717, 1.165) is 16.7 Å². The SMILES string of the molecule is NS(=O)(=O)c1ccc(-c2n[nH]cc2-c2ccccc2Cl)cc1. The van der Waals surface area contributed by atoms with Crippen molar-refractivity contribution in [2.24, 2.45) is 5.14 Å². The third-order valence-electron chi connectivity index (χ3n) is 3.26. The van der Waals surface area contributed by atoms with Crippen LogP contribution in [-0.2, 0) is 10.0 Å². The van der Waals surface area contributed by atoms with Gasteiger partial charge < -0.3 is 0 Å². The molecule has 1 aromatic heterocycles. The first-order valence-electron chi connectivity index (χ1n) is 6.39. The maximum atomic E-state index is 11.3. The summed E-state index contributed by atoms with van der Waals surface area (Å²) in [7, 11) is -3.71. The van der Waals surface area contributed by atoms with Gasteiger partial charge in [0.15, 0.2) is 0 Å². The van der Waals surface area contributed by atoms with Crippen molar-refractivity contribution in [2.75, 3.05) is 0 Å². The molecule has 3 rings (SSSR count). The summed E-state index contributed by atoms with van der Waals surface area (Å²) in [5.74, 6) is 0. The molecule has 3 N–H and O–H groups in total. The standard InChI is InChI=1S/C15H12ClN3O2S/c16-14-4-2-1-3-12(14)13-9-18-19-15(13)10-5-7-11(8-6-10)22(17,20)21/h1-9H,(H,18,19)(H2,17,20,21). The van der Waals surface area contributed by atoms with Crippen molar-refractivity contribution in [1.29, 1.82) is 0 Å². The molecule has 2 aromatic carbocycles. The summed E-state index contributed by atoms with van der Waals surface area (Å²) in [6, 6.07) is 13.7. The van der Waals surface area contributed by atoms with Gasteiger partial charge in [0, 0.05) is 27.9 Å². The molecule has 0 fully saturated rings. The van der Waals surface area contributed by atoms with Crippen LogP contribution in [0.1, 0.15) is 0 Å². The van der Waals surface area contributed by atoms with Gasteiger partial charge in [-0.15, -0.1) is 0 Å². The van der Waals surface area contributed by atoms with Crippen molar-refractivity contribution in [3.05, 3.63) is 59.8 Å². The Bertz CT molecular complexity index is 918. The lowest BCUT2D eigenvalue weighted by atomic mass is 10.0. The highest BCUT2D eigenvalue weighted by molar-refractivity contribution is 7.89. The molecular formula is C15H12ClN3O2S. The molecule has 1 heterocycles. The van der Waals surface area contributed by atoms with E-state index in [2.05, 4.69) is 10.2 Å². The van der Waals surface area contributed by atoms with Gasteiger partial charge in [-0.2, -0.15) is 5.10 Å². The molecule has 0 aliphatic carbocycles. The molecule has 0 bridgehead atoms. The Hall–Kier alpha value is -2.15. The fourth-order valence-corrected chi connectivity index (χ4v) is 2.95. The number of halogens is 1. The number of hydrogen-bond acceptors (Lipinski definition) is 3. The quantitative estimate of drug-likeness (QED) is 0.772. The fourth-order valence-electron chi connectivity index (χ4n) is 2.20. The number of nitrogens with two attached hydrogens (primary N) is 1. The molecule has 0 saturated carbocycles. The molecular weight excluding hydrogens is 322 g/mol. The Labute approximate surface area is 132 Å². The van der Waals surface area contributed by atoms with Crippen LogP contribution in [0.3, 0.4) is 0 Å². The number of nitrogens with zero attached hydrogens (tertiary/aromatic N) is 1. The zero-order chi connectivity index (χ0) is 15.7. The Balaban J connectivity index is 2.08. The van der Waals surface area contributed by atoms with Gasteiger partial charge in [0.1, 0.15) is 0 Å². The van der Waals surface area contributed by atoms with E-state index in [9.17, 15) is 8.42 Å². The minimum Gasteiger partial charge on any atom is -0.284 e. The summed E-state index contributed by atoms with van der Waals surface area (Å²) in [5.41, 5.74) is 3.15. The van der Waals surface area contributed by atoms with E-state index < -0.39 is 10.0 Å². The Morgan fingerprint density at radius 1 is 1.00 bits per heavy atom. The third kappa shape index (κ3) is 2.76. The third-order valence-corrected chi connectivity index (χ3v) is 4.52. The first-order chi connectivity index (χ1) is 10.5. The van der Waals surface area contributed by atoms with Crippen LogP contribution >= 0.6 is 11.6 Å². The number of hydrogen-bond donors (Lipinski definition) is 2. The summed E-state index contributed by atoms with van der Waals surface area (Å²) < 4.78 is 22.6. The molecule has 0 spiro atoms. The first-order valence-corrected chi connectivity index (χ1v) is 8.31. The second kappa shape index (κ2) is 5.57. The second-order valence-electron chi connectivity index (χ2n) is 4.70. The van der Waals surface area contributed by atoms with E-state index in [1.807, 2.05) is 18.2 Å². The highest BCUT2D eigenvalue weighted by atomic mass is 35.5. The number of sulfonamides is 1. The topological polar surface area (TPSA) is 88.8 Å². The van der Waals surface area contributed by atoms with E-state index in [4.69, 9.17) is 16.7 Å². The van der Waals surface area contributed by atoms with Gasteiger partial charge in [0.05, 0.1) is 10.6 Å². The van der Waals surface area contributed by atoms with Crippen LogP contribution in [0.15, 0.2) is 59.6 Å². The molecule has 0 atom stereocenters. The van der Waals surface area contributed by atoms with Crippen LogP contribution in [0.5, 0.6) is 0 Å². The smallest absolute Gasteiger partial charge is 0.238 e. The summed E-state index contributed by atoms with van der Waals surface area (Å²) in [4.78, 5) is 0.0612. The zero-order valence-electron chi connectivity index (χ0n) is 11.3. The molecule has 0 aliphatic rings. The van der Waals surface area contributed by atoms with Gasteiger partial charge in [-0.1, -0.05) is 41.9 Å². The Morgan fingerprint density at radius 3 is 2.32 bits per heavy atom. The molecule has 0 saturated heterocycles. The number of rotatable bonds is 3. The van der Waals surface area contributed by atoms with Crippen LogP contribution in [0.4, 0.5) is 0 Å². The predicted molar refractivity (Wildman–Crippen MR) is 85.8 cm³/mol. The van der Waals surface area contributed by atoms with Crippen LogP contribution in [0, 0.1) is 0 Å². The lowest BCUT2D eigenvalue weighted by molar-refractivity contribution is 0.598. The molecule has 22 heavy (non-hydrogen) atoms. The fraction of sp³-hybridized carbons (Fsp3) is 0. The van der Waals surface area contributed by atoms with Crippen LogP contribution in [-0.4, -0.2) is 18.6 Å². The zero-order valence-corrected chi connectivity index (χ0v) is 12.9. The maximum Gasteiger partial charge on any atom is 0.238 e. The minimum absolute atomic E-state index is 0.0612. The summed E-state index contributed by atoms with van der Waals surface area (Å²) in [5, 5.41) is 12.8. The van der Waals surface area contributed by atoms with E-state index in [1.165, 1.54) is 12.1 Å². The number of nitrogens with one attached hydrogen (secondary N) is 1. The van der Waals surface area contributed by atoms with Gasteiger partial charge in [-0.05, 0) is 18.2 Å². The second-order valence-corrected chi connectivity index (χ2v) is 6.67. The van der Waals surface area contributed by atoms with Crippen LogP contribution in [0.25, 0.3) is 22.4 Å². The van der Waals surface area contributed by atoms with Crippen molar-refractivity contribution < 1.29 is 8.42 Å². The van der Waals surface area contributed by atoms with E-state index in [0.29, 0.717) is 10.7 Å². The van der Waals surface area contributed by atoms with Crippen molar-refractivity contribution in [3.8, 4) is 22.4 Å². The van der Waals surface area contributed by atoms with Crippen molar-refractivity contribution in [1.82, 2.24) is 10.2 Å². The van der Waals surface area contributed by atoms with E-state index >= 15 is 0 Å². The first kappa shape index (κ1) is 14.8. The highest BCUT2D eigenvalue weighted by Gasteiger charge is 2.14. The molecule has 0 amide bonds. The number of benzene rings is 2. The normalized spacial score (nSPS) is 11.5. The lowest BCUT2D eigenvalue weighted by Gasteiger charge is -2.05. The molecule has 0 unspecified atom stereocenters. The van der Waals surface area contributed by atoms with Crippen molar-refractivity contribution in [3.63, 3.8) is 0 Å². The summed E-state index contributed by atoms with van der Waals surface area (Å²) in [6.07, 6.45) is 1.75. The Morgan fingerprint density at radius 2 is 1.68 bits per heavy atom. The molecule has 5 nitrogen and oxygen atoms in total. The van der Waals surface area contributed by atoms with Gasteiger partial charge in [0.2, 0.25) is 10.0 Å². The lowest BCUT2D eigenvalue weighted by Crippen LogP contribution is -2.11.